The van der Waals surface area contributed by atoms with Gasteiger partial charge in [0.25, 0.3) is 0 Å². The minimum Gasteiger partial charge on any atom is -0.481 e. The Morgan fingerprint density at radius 2 is 2.21 bits per heavy atom. The molecule has 0 aromatic carbocycles. The Balaban J connectivity index is 2.00. The second kappa shape index (κ2) is 8.44. The predicted molar refractivity (Wildman–Crippen MR) is 70.2 cm³/mol. The van der Waals surface area contributed by atoms with Crippen LogP contribution in [0.25, 0.3) is 0 Å². The third-order valence-corrected chi connectivity index (χ3v) is 3.00. The van der Waals surface area contributed by atoms with Crippen LogP contribution in [0, 0.1) is 6.92 Å². The van der Waals surface area contributed by atoms with Gasteiger partial charge in [-0.3, -0.25) is 4.79 Å². The molecule has 7 nitrogen and oxygen atoms in total. The van der Waals surface area contributed by atoms with E-state index in [0.29, 0.717) is 19.7 Å². The van der Waals surface area contributed by atoms with Gasteiger partial charge in [0.15, 0.2) is 0 Å². The molecule has 0 radical (unpaired) electrons. The van der Waals surface area contributed by atoms with Gasteiger partial charge in [0.2, 0.25) is 0 Å². The van der Waals surface area contributed by atoms with Gasteiger partial charge in [0.1, 0.15) is 0 Å². The molecule has 1 heterocycles. The number of thiazole rings is 1. The summed E-state index contributed by atoms with van der Waals surface area (Å²) in [5.41, 5.74) is 0. The highest BCUT2D eigenvalue weighted by Crippen LogP contribution is 2.10. The first kappa shape index (κ1) is 15.4. The fourth-order valence-corrected chi connectivity index (χ4v) is 1.95. The molecule has 1 aromatic heterocycles. The van der Waals surface area contributed by atoms with Gasteiger partial charge in [0.05, 0.1) is 31.2 Å². The first-order valence-electron chi connectivity index (χ1n) is 5.80. The predicted octanol–water partition coefficient (Wildman–Crippen LogP) is 0.742. The van der Waals surface area contributed by atoms with Gasteiger partial charge in [-0.2, -0.15) is 0 Å². The van der Waals surface area contributed by atoms with E-state index in [2.05, 4.69) is 15.6 Å². The van der Waals surface area contributed by atoms with E-state index in [1.807, 2.05) is 6.92 Å². The summed E-state index contributed by atoms with van der Waals surface area (Å²) >= 11 is 1.53. The second-order valence-electron chi connectivity index (χ2n) is 3.71. The lowest BCUT2D eigenvalue weighted by Crippen LogP contribution is -2.36. The molecule has 0 saturated heterocycles. The first-order valence-corrected chi connectivity index (χ1v) is 6.62. The third-order valence-electron chi connectivity index (χ3n) is 2.08. The monoisotopic (exact) mass is 287 g/mol. The van der Waals surface area contributed by atoms with E-state index in [0.717, 1.165) is 9.88 Å². The molecule has 0 spiro atoms. The van der Waals surface area contributed by atoms with Crippen molar-refractivity contribution < 1.29 is 19.4 Å². The summed E-state index contributed by atoms with van der Waals surface area (Å²) in [5, 5.41) is 14.6. The number of nitrogens with zero attached hydrogens (tertiary/aromatic N) is 1. The smallest absolute Gasteiger partial charge is 0.315 e. The molecule has 0 atom stereocenters. The van der Waals surface area contributed by atoms with Crippen LogP contribution in [0.2, 0.25) is 0 Å². The second-order valence-corrected chi connectivity index (χ2v) is 5.03. The van der Waals surface area contributed by atoms with Crippen molar-refractivity contribution in [2.24, 2.45) is 0 Å². The van der Waals surface area contributed by atoms with Crippen molar-refractivity contribution in [3.05, 3.63) is 16.1 Å². The quantitative estimate of drug-likeness (QED) is 0.612. The standard InChI is InChI=1S/C11H17N3O4S/c1-8-13-6-9(19-8)7-14-11(17)12-3-5-18-4-2-10(15)16/h6H,2-5,7H2,1H3,(H,15,16)(H2,12,14,17). The van der Waals surface area contributed by atoms with Crippen LogP contribution in [0.1, 0.15) is 16.3 Å². The molecule has 0 aliphatic heterocycles. The average Bonchev–Trinajstić information content (AvgIpc) is 2.76. The first-order chi connectivity index (χ1) is 9.08. The number of rotatable bonds is 8. The molecule has 2 amide bonds. The van der Waals surface area contributed by atoms with E-state index >= 15 is 0 Å². The number of aromatic nitrogens is 1. The molecule has 8 heteroatoms. The van der Waals surface area contributed by atoms with Gasteiger partial charge >= 0.3 is 12.0 Å². The number of urea groups is 1. The average molecular weight is 287 g/mol. The van der Waals surface area contributed by atoms with Crippen molar-refractivity contribution in [3.8, 4) is 0 Å². The summed E-state index contributed by atoms with van der Waals surface area (Å²) in [4.78, 5) is 26.6. The fourth-order valence-electron chi connectivity index (χ4n) is 1.22. The number of carbonyl (C=O) groups excluding carboxylic acids is 1. The zero-order valence-electron chi connectivity index (χ0n) is 10.6. The maximum atomic E-state index is 11.4. The zero-order valence-corrected chi connectivity index (χ0v) is 11.5. The number of aliphatic carboxylic acids is 1. The van der Waals surface area contributed by atoms with Gasteiger partial charge in [0, 0.05) is 17.6 Å². The molecule has 0 unspecified atom stereocenters. The van der Waals surface area contributed by atoms with E-state index in [1.54, 1.807) is 6.20 Å². The maximum Gasteiger partial charge on any atom is 0.315 e. The summed E-state index contributed by atoms with van der Waals surface area (Å²) in [7, 11) is 0. The lowest BCUT2D eigenvalue weighted by atomic mass is 10.5. The molecule has 0 aliphatic carbocycles. The number of hydrogen-bond acceptors (Lipinski definition) is 5. The lowest BCUT2D eigenvalue weighted by Gasteiger charge is -2.06. The van der Waals surface area contributed by atoms with Crippen LogP contribution in [0.5, 0.6) is 0 Å². The Morgan fingerprint density at radius 1 is 1.42 bits per heavy atom. The number of amides is 2. The Hall–Kier alpha value is -1.67. The lowest BCUT2D eigenvalue weighted by molar-refractivity contribution is -0.138. The Labute approximate surface area is 115 Å². The summed E-state index contributed by atoms with van der Waals surface area (Å²) in [5.74, 6) is -0.898. The van der Waals surface area contributed by atoms with Crippen molar-refractivity contribution in [2.45, 2.75) is 19.9 Å². The van der Waals surface area contributed by atoms with Crippen molar-refractivity contribution in [1.29, 1.82) is 0 Å². The van der Waals surface area contributed by atoms with Crippen LogP contribution < -0.4 is 10.6 Å². The van der Waals surface area contributed by atoms with E-state index < -0.39 is 5.97 Å². The van der Waals surface area contributed by atoms with E-state index in [-0.39, 0.29) is 19.1 Å². The molecule has 106 valence electrons. The molecule has 3 N–H and O–H groups in total. The summed E-state index contributed by atoms with van der Waals surface area (Å²) < 4.78 is 5.03. The molecule has 0 fully saturated rings. The van der Waals surface area contributed by atoms with Gasteiger partial charge in [-0.25, -0.2) is 9.78 Å². The molecule has 19 heavy (non-hydrogen) atoms. The largest absolute Gasteiger partial charge is 0.481 e. The van der Waals surface area contributed by atoms with Gasteiger partial charge < -0.3 is 20.5 Å². The number of carboxylic acid groups (broad SMARTS) is 1. The minimum absolute atomic E-state index is 0.0308. The maximum absolute atomic E-state index is 11.4. The van der Waals surface area contributed by atoms with Crippen LogP contribution >= 0.6 is 11.3 Å². The van der Waals surface area contributed by atoms with Crippen LogP contribution in [-0.4, -0.2) is 41.8 Å². The fraction of sp³-hybridized carbons (Fsp3) is 0.545. The number of carbonyl (C=O) groups is 2. The number of nitrogens with one attached hydrogen (secondary N) is 2. The van der Waals surface area contributed by atoms with Crippen LogP contribution in [-0.2, 0) is 16.1 Å². The zero-order chi connectivity index (χ0) is 14.1. The van der Waals surface area contributed by atoms with Crippen molar-refractivity contribution in [1.82, 2.24) is 15.6 Å². The van der Waals surface area contributed by atoms with Crippen molar-refractivity contribution in [2.75, 3.05) is 19.8 Å². The highest BCUT2D eigenvalue weighted by Gasteiger charge is 2.02. The van der Waals surface area contributed by atoms with Crippen LogP contribution in [0.3, 0.4) is 0 Å². The molecular weight excluding hydrogens is 270 g/mol. The topological polar surface area (TPSA) is 101 Å². The van der Waals surface area contributed by atoms with Crippen LogP contribution in [0.15, 0.2) is 6.20 Å². The molecule has 1 rings (SSSR count). The van der Waals surface area contributed by atoms with Crippen molar-refractivity contribution >= 4 is 23.3 Å². The molecule has 1 aromatic rings. The van der Waals surface area contributed by atoms with Gasteiger partial charge in [-0.05, 0) is 6.92 Å². The Bertz CT molecular complexity index is 422. The third kappa shape index (κ3) is 7.37. The van der Waals surface area contributed by atoms with E-state index in [9.17, 15) is 9.59 Å². The summed E-state index contributed by atoms with van der Waals surface area (Å²) in [6.07, 6.45) is 1.70. The van der Waals surface area contributed by atoms with Gasteiger partial charge in [-0.15, -0.1) is 11.3 Å². The Kier molecular flexibility index (Phi) is 6.83. The summed E-state index contributed by atoms with van der Waals surface area (Å²) in [6.45, 7) is 3.13. The normalized spacial score (nSPS) is 10.2. The molecular formula is C11H17N3O4S. The highest BCUT2D eigenvalue weighted by atomic mass is 32.1. The highest BCUT2D eigenvalue weighted by molar-refractivity contribution is 7.11. The van der Waals surface area contributed by atoms with Gasteiger partial charge in [-0.1, -0.05) is 0 Å². The molecule has 0 aliphatic rings. The SMILES string of the molecule is Cc1ncc(CNC(=O)NCCOCCC(=O)O)s1. The van der Waals surface area contributed by atoms with E-state index in [4.69, 9.17) is 9.84 Å². The number of aryl methyl sites for hydroxylation is 1. The molecule has 0 bridgehead atoms. The van der Waals surface area contributed by atoms with Crippen LogP contribution in [0.4, 0.5) is 4.79 Å². The minimum atomic E-state index is -0.898. The van der Waals surface area contributed by atoms with Crippen molar-refractivity contribution in [3.63, 3.8) is 0 Å². The number of ether oxygens (including phenoxy) is 1. The number of hydrogen-bond donors (Lipinski definition) is 3. The summed E-state index contributed by atoms with van der Waals surface area (Å²) in [6, 6.07) is -0.284. The number of carboxylic acids is 1. The molecule has 0 saturated carbocycles. The van der Waals surface area contributed by atoms with E-state index in [1.165, 1.54) is 11.3 Å². The Morgan fingerprint density at radius 3 is 2.84 bits per heavy atom.